The third-order valence-electron chi connectivity index (χ3n) is 2.17. The first-order valence-electron chi connectivity index (χ1n) is 4.60. The fourth-order valence-corrected chi connectivity index (χ4v) is 1.80. The molecule has 15 heavy (non-hydrogen) atoms. The van der Waals surface area contributed by atoms with Gasteiger partial charge in [0.2, 0.25) is 0 Å². The summed E-state index contributed by atoms with van der Waals surface area (Å²) in [6.45, 7) is 3.89. The Balaban J connectivity index is 2.59. The monoisotopic (exact) mass is 222 g/mol. The molecule has 1 heterocycles. The van der Waals surface area contributed by atoms with Gasteiger partial charge in [-0.05, 0) is 32.0 Å². The lowest BCUT2D eigenvalue weighted by molar-refractivity contribution is 0.475. The van der Waals surface area contributed by atoms with Crippen molar-refractivity contribution < 1.29 is 5.11 Å². The minimum atomic E-state index is 0.158. The highest BCUT2D eigenvalue weighted by molar-refractivity contribution is 6.32. The molecule has 0 spiro atoms. The van der Waals surface area contributed by atoms with Crippen molar-refractivity contribution in [2.24, 2.45) is 0 Å². The van der Waals surface area contributed by atoms with Crippen LogP contribution in [0.2, 0.25) is 5.02 Å². The van der Waals surface area contributed by atoms with Gasteiger partial charge in [0.15, 0.2) is 0 Å². The second-order valence-electron chi connectivity index (χ2n) is 3.47. The molecular weight excluding hydrogens is 212 g/mol. The van der Waals surface area contributed by atoms with Crippen LogP contribution < -0.4 is 0 Å². The summed E-state index contributed by atoms with van der Waals surface area (Å²) in [6.07, 6.45) is 0. The molecular formula is C11H11ClN2O. The van der Waals surface area contributed by atoms with Crippen molar-refractivity contribution in [3.05, 3.63) is 40.7 Å². The summed E-state index contributed by atoms with van der Waals surface area (Å²) in [5.41, 5.74) is 2.73. The van der Waals surface area contributed by atoms with Crippen molar-refractivity contribution in [3.8, 4) is 11.4 Å². The molecule has 2 rings (SSSR count). The second-order valence-corrected chi connectivity index (χ2v) is 3.88. The van der Waals surface area contributed by atoms with Crippen LogP contribution in [0.4, 0.5) is 0 Å². The lowest BCUT2D eigenvalue weighted by Gasteiger charge is -2.06. The molecule has 0 unspecified atom stereocenters. The maximum absolute atomic E-state index is 9.24. The van der Waals surface area contributed by atoms with E-state index in [9.17, 15) is 5.11 Å². The number of halogens is 1. The number of aromatic hydroxyl groups is 1. The predicted octanol–water partition coefficient (Wildman–Crippen LogP) is 2.85. The van der Waals surface area contributed by atoms with Crippen LogP contribution in [0.25, 0.3) is 5.69 Å². The number of rotatable bonds is 1. The number of phenolic OH excluding ortho intramolecular Hbond substituents is 1. The molecule has 0 amide bonds. The molecule has 0 aliphatic heterocycles. The fraction of sp³-hybridized carbons (Fsp3) is 0.182. The fourth-order valence-electron chi connectivity index (χ4n) is 1.54. The van der Waals surface area contributed by atoms with Gasteiger partial charge in [0.25, 0.3) is 0 Å². The van der Waals surface area contributed by atoms with E-state index >= 15 is 0 Å². The summed E-state index contributed by atoms with van der Waals surface area (Å²) < 4.78 is 1.76. The van der Waals surface area contributed by atoms with Crippen LogP contribution in [-0.4, -0.2) is 14.9 Å². The Labute approximate surface area is 92.9 Å². The van der Waals surface area contributed by atoms with Crippen molar-refractivity contribution >= 4 is 11.6 Å². The molecule has 0 fully saturated rings. The standard InChI is InChI=1S/C11H11ClN2O/c1-7-5-8(2)14(13-7)11-4-3-9(15)6-10(11)12/h3-6,15H,1-2H3. The van der Waals surface area contributed by atoms with E-state index in [0.717, 1.165) is 17.1 Å². The molecule has 4 heteroatoms. The van der Waals surface area contributed by atoms with Crippen LogP contribution in [0.1, 0.15) is 11.4 Å². The van der Waals surface area contributed by atoms with Gasteiger partial charge in [0.1, 0.15) is 5.75 Å². The first kappa shape index (κ1) is 10.1. The van der Waals surface area contributed by atoms with Crippen molar-refractivity contribution in [1.82, 2.24) is 9.78 Å². The molecule has 2 aromatic rings. The molecule has 1 aromatic carbocycles. The maximum Gasteiger partial charge on any atom is 0.117 e. The van der Waals surface area contributed by atoms with Gasteiger partial charge in [-0.15, -0.1) is 0 Å². The summed E-state index contributed by atoms with van der Waals surface area (Å²) in [4.78, 5) is 0. The van der Waals surface area contributed by atoms with Crippen LogP contribution >= 0.6 is 11.6 Å². The van der Waals surface area contributed by atoms with Crippen LogP contribution in [-0.2, 0) is 0 Å². The van der Waals surface area contributed by atoms with E-state index in [1.807, 2.05) is 19.9 Å². The molecule has 0 aliphatic rings. The second kappa shape index (κ2) is 3.59. The molecule has 1 aromatic heterocycles. The van der Waals surface area contributed by atoms with E-state index in [-0.39, 0.29) is 5.75 Å². The third-order valence-corrected chi connectivity index (χ3v) is 2.47. The van der Waals surface area contributed by atoms with Gasteiger partial charge in [-0.25, -0.2) is 4.68 Å². The molecule has 3 nitrogen and oxygen atoms in total. The third kappa shape index (κ3) is 1.83. The van der Waals surface area contributed by atoms with Crippen LogP contribution in [0.3, 0.4) is 0 Å². The van der Waals surface area contributed by atoms with Gasteiger partial charge in [-0.3, -0.25) is 0 Å². The number of benzene rings is 1. The average Bonchev–Trinajstić information content (AvgIpc) is 2.45. The van der Waals surface area contributed by atoms with Crippen LogP contribution in [0, 0.1) is 13.8 Å². The first-order valence-corrected chi connectivity index (χ1v) is 4.98. The van der Waals surface area contributed by atoms with E-state index in [1.165, 1.54) is 6.07 Å². The Hall–Kier alpha value is -1.48. The van der Waals surface area contributed by atoms with Gasteiger partial charge >= 0.3 is 0 Å². The largest absolute Gasteiger partial charge is 0.508 e. The number of hydrogen-bond acceptors (Lipinski definition) is 2. The van der Waals surface area contributed by atoms with Gasteiger partial charge in [-0.1, -0.05) is 11.6 Å². The number of aromatic nitrogens is 2. The molecule has 0 atom stereocenters. The summed E-state index contributed by atoms with van der Waals surface area (Å²) in [6, 6.07) is 6.82. The maximum atomic E-state index is 9.24. The van der Waals surface area contributed by atoms with Crippen LogP contribution in [0.15, 0.2) is 24.3 Å². The Morgan fingerprint density at radius 2 is 2.00 bits per heavy atom. The normalized spacial score (nSPS) is 10.6. The van der Waals surface area contributed by atoms with Gasteiger partial charge in [-0.2, -0.15) is 5.10 Å². The molecule has 0 bridgehead atoms. The average molecular weight is 223 g/mol. The highest BCUT2D eigenvalue weighted by Crippen LogP contribution is 2.25. The topological polar surface area (TPSA) is 38.0 Å². The predicted molar refractivity (Wildman–Crippen MR) is 59.7 cm³/mol. The zero-order valence-electron chi connectivity index (χ0n) is 8.53. The van der Waals surface area contributed by atoms with Crippen molar-refractivity contribution in [1.29, 1.82) is 0 Å². The lowest BCUT2D eigenvalue weighted by Crippen LogP contribution is -1.99. The van der Waals surface area contributed by atoms with Gasteiger partial charge in [0.05, 0.1) is 16.4 Å². The smallest absolute Gasteiger partial charge is 0.117 e. The number of nitrogens with zero attached hydrogens (tertiary/aromatic N) is 2. The zero-order chi connectivity index (χ0) is 11.0. The van der Waals surface area contributed by atoms with Gasteiger partial charge < -0.3 is 5.11 Å². The van der Waals surface area contributed by atoms with Crippen molar-refractivity contribution in [2.75, 3.05) is 0 Å². The molecule has 0 aliphatic carbocycles. The summed E-state index contributed by atoms with van der Waals surface area (Å²) >= 11 is 6.02. The van der Waals surface area contributed by atoms with E-state index < -0.39 is 0 Å². The Kier molecular flexibility index (Phi) is 2.40. The minimum absolute atomic E-state index is 0.158. The van der Waals surface area contributed by atoms with E-state index in [1.54, 1.807) is 16.8 Å². The summed E-state index contributed by atoms with van der Waals surface area (Å²) in [5, 5.41) is 14.1. The first-order chi connectivity index (χ1) is 7.08. The molecule has 78 valence electrons. The minimum Gasteiger partial charge on any atom is -0.508 e. The molecule has 0 radical (unpaired) electrons. The number of hydrogen-bond donors (Lipinski definition) is 1. The molecule has 1 N–H and O–H groups in total. The zero-order valence-corrected chi connectivity index (χ0v) is 9.28. The number of aryl methyl sites for hydroxylation is 2. The summed E-state index contributed by atoms with van der Waals surface area (Å²) in [7, 11) is 0. The highest BCUT2D eigenvalue weighted by atomic mass is 35.5. The highest BCUT2D eigenvalue weighted by Gasteiger charge is 2.07. The van der Waals surface area contributed by atoms with Crippen LogP contribution in [0.5, 0.6) is 5.75 Å². The van der Waals surface area contributed by atoms with E-state index in [2.05, 4.69) is 5.10 Å². The lowest BCUT2D eigenvalue weighted by atomic mass is 10.3. The Morgan fingerprint density at radius 3 is 2.53 bits per heavy atom. The van der Waals surface area contributed by atoms with Gasteiger partial charge in [0, 0.05) is 11.8 Å². The number of phenols is 1. The Morgan fingerprint density at radius 1 is 1.27 bits per heavy atom. The molecule has 0 saturated carbocycles. The van der Waals surface area contributed by atoms with E-state index in [4.69, 9.17) is 11.6 Å². The van der Waals surface area contributed by atoms with Crippen molar-refractivity contribution in [2.45, 2.75) is 13.8 Å². The van der Waals surface area contributed by atoms with Crippen molar-refractivity contribution in [3.63, 3.8) is 0 Å². The summed E-state index contributed by atoms with van der Waals surface area (Å²) in [5.74, 6) is 0.158. The van der Waals surface area contributed by atoms with E-state index in [0.29, 0.717) is 5.02 Å². The Bertz CT molecular complexity index is 505. The molecule has 0 saturated heterocycles. The quantitative estimate of drug-likeness (QED) is 0.806. The SMILES string of the molecule is Cc1cc(C)n(-c2ccc(O)cc2Cl)n1.